The molecule has 1 aromatic carbocycles. The number of rotatable bonds is 3. The summed E-state index contributed by atoms with van der Waals surface area (Å²) in [6, 6.07) is 11.2. The fourth-order valence-corrected chi connectivity index (χ4v) is 6.39. The average molecular weight is 395 g/mol. The van der Waals surface area contributed by atoms with E-state index in [1.54, 1.807) is 17.0 Å². The summed E-state index contributed by atoms with van der Waals surface area (Å²) in [5, 5.41) is 0. The van der Waals surface area contributed by atoms with Crippen molar-refractivity contribution in [2.45, 2.75) is 44.6 Å². The lowest BCUT2D eigenvalue weighted by Crippen LogP contribution is -2.34. The Kier molecular flexibility index (Phi) is 4.59. The van der Waals surface area contributed by atoms with Gasteiger partial charge >= 0.3 is 0 Å². The van der Waals surface area contributed by atoms with Crippen molar-refractivity contribution in [3.8, 4) is 0 Å². The molecule has 0 aromatic heterocycles. The highest BCUT2D eigenvalue weighted by Crippen LogP contribution is 2.55. The molecule has 0 amide bonds. The van der Waals surface area contributed by atoms with Gasteiger partial charge in [-0.15, -0.1) is 0 Å². The molecule has 2 aliphatic carbocycles. The van der Waals surface area contributed by atoms with Crippen LogP contribution in [-0.2, 0) is 0 Å². The molecule has 2 nitrogen and oxygen atoms in total. The van der Waals surface area contributed by atoms with Gasteiger partial charge in [-0.3, -0.25) is 4.99 Å². The van der Waals surface area contributed by atoms with Gasteiger partial charge in [-0.05, 0) is 67.2 Å². The molecule has 0 N–H and O–H groups in total. The van der Waals surface area contributed by atoms with Crippen molar-refractivity contribution in [2.75, 3.05) is 6.54 Å². The van der Waals surface area contributed by atoms with E-state index in [1.165, 1.54) is 36.8 Å². The summed E-state index contributed by atoms with van der Waals surface area (Å²) in [5.74, 6) is 1.95. The van der Waals surface area contributed by atoms with Crippen LogP contribution in [0.1, 0.15) is 44.1 Å². The minimum Gasteiger partial charge on any atom is -0.341 e. The van der Waals surface area contributed by atoms with Crippen LogP contribution in [0.25, 0.3) is 6.08 Å². The van der Waals surface area contributed by atoms with Crippen molar-refractivity contribution in [3.63, 3.8) is 0 Å². The molecule has 2 heteroatoms. The SMILES string of the molecule is C1=CC2=CCC3=C4[C@H](CCC3CC=Cc3ccccc3)[C@H]3CN=CC=C3N4C2CC1. The molecule has 5 aliphatic rings. The summed E-state index contributed by atoms with van der Waals surface area (Å²) in [7, 11) is 0. The highest BCUT2D eigenvalue weighted by molar-refractivity contribution is 5.74. The van der Waals surface area contributed by atoms with Gasteiger partial charge in [0, 0.05) is 36.0 Å². The number of benzene rings is 1. The van der Waals surface area contributed by atoms with Gasteiger partial charge in [-0.25, -0.2) is 0 Å². The summed E-state index contributed by atoms with van der Waals surface area (Å²) in [6.45, 7) is 0.976. The lowest BCUT2D eigenvalue weighted by molar-refractivity contribution is 0.319. The molecule has 1 fully saturated rings. The second-order valence-electron chi connectivity index (χ2n) is 9.33. The molecule has 2 unspecified atom stereocenters. The van der Waals surface area contributed by atoms with Crippen molar-refractivity contribution in [3.05, 3.63) is 88.8 Å². The molecule has 0 spiro atoms. The van der Waals surface area contributed by atoms with Gasteiger partial charge in [-0.1, -0.05) is 60.7 Å². The fourth-order valence-electron chi connectivity index (χ4n) is 6.39. The lowest BCUT2D eigenvalue weighted by Gasteiger charge is -2.37. The molecule has 0 bridgehead atoms. The first kappa shape index (κ1) is 18.2. The van der Waals surface area contributed by atoms with Gasteiger partial charge in [0.05, 0.1) is 6.04 Å². The summed E-state index contributed by atoms with van der Waals surface area (Å²) < 4.78 is 0. The zero-order valence-electron chi connectivity index (χ0n) is 17.6. The smallest absolute Gasteiger partial charge is 0.0585 e. The van der Waals surface area contributed by atoms with Gasteiger partial charge in [0.15, 0.2) is 0 Å². The second kappa shape index (κ2) is 7.58. The van der Waals surface area contributed by atoms with Crippen molar-refractivity contribution in [1.82, 2.24) is 4.90 Å². The minimum absolute atomic E-state index is 0.534. The Bertz CT molecular complexity index is 1000. The van der Waals surface area contributed by atoms with Crippen LogP contribution >= 0.6 is 0 Å². The molecule has 0 radical (unpaired) electrons. The molecule has 1 aromatic rings. The third-order valence-electron chi connectivity index (χ3n) is 7.76. The van der Waals surface area contributed by atoms with Crippen LogP contribution in [0.15, 0.2) is 88.2 Å². The fraction of sp³-hybridized carbons (Fsp3) is 0.393. The van der Waals surface area contributed by atoms with E-state index < -0.39 is 0 Å². The van der Waals surface area contributed by atoms with Crippen LogP contribution in [0.3, 0.4) is 0 Å². The molecular weight excluding hydrogens is 364 g/mol. The van der Waals surface area contributed by atoms with Crippen LogP contribution in [0.5, 0.6) is 0 Å². The van der Waals surface area contributed by atoms with Crippen molar-refractivity contribution in [1.29, 1.82) is 0 Å². The van der Waals surface area contributed by atoms with Crippen molar-refractivity contribution in [2.24, 2.45) is 22.7 Å². The number of aliphatic imine (C=N–C) groups is 1. The van der Waals surface area contributed by atoms with Gasteiger partial charge in [0.2, 0.25) is 0 Å². The van der Waals surface area contributed by atoms with Crippen molar-refractivity contribution >= 4 is 12.3 Å². The summed E-state index contributed by atoms with van der Waals surface area (Å²) >= 11 is 0. The average Bonchev–Trinajstić information content (AvgIpc) is 3.02. The number of allylic oxidation sites excluding steroid dienone is 6. The van der Waals surface area contributed by atoms with E-state index >= 15 is 0 Å². The maximum atomic E-state index is 4.66. The second-order valence-corrected chi connectivity index (χ2v) is 9.33. The van der Waals surface area contributed by atoms with Crippen molar-refractivity contribution < 1.29 is 0 Å². The zero-order chi connectivity index (χ0) is 19.9. The first-order valence-electron chi connectivity index (χ1n) is 11.7. The van der Waals surface area contributed by atoms with E-state index in [0.717, 1.165) is 19.4 Å². The normalized spacial score (nSPS) is 31.8. The Morgan fingerprint density at radius 1 is 1.07 bits per heavy atom. The first-order chi connectivity index (χ1) is 14.9. The monoisotopic (exact) mass is 394 g/mol. The Hall–Kier alpha value is -2.61. The molecule has 6 rings (SSSR count). The van der Waals surface area contributed by atoms with Gasteiger partial charge < -0.3 is 4.90 Å². The van der Waals surface area contributed by atoms with Gasteiger partial charge in [0.25, 0.3) is 0 Å². The highest BCUT2D eigenvalue weighted by Gasteiger charge is 2.49. The Labute approximate surface area is 180 Å². The highest BCUT2D eigenvalue weighted by atomic mass is 15.2. The third-order valence-corrected chi connectivity index (χ3v) is 7.76. The lowest BCUT2D eigenvalue weighted by atomic mass is 9.74. The Balaban J connectivity index is 1.37. The van der Waals surface area contributed by atoms with E-state index in [4.69, 9.17) is 0 Å². The topological polar surface area (TPSA) is 15.6 Å². The largest absolute Gasteiger partial charge is 0.341 e. The number of dihydropyridines is 1. The Morgan fingerprint density at radius 2 is 2.00 bits per heavy atom. The van der Waals surface area contributed by atoms with E-state index in [9.17, 15) is 0 Å². The maximum Gasteiger partial charge on any atom is 0.0585 e. The van der Waals surface area contributed by atoms with Gasteiger partial charge in [0.1, 0.15) is 0 Å². The zero-order valence-corrected chi connectivity index (χ0v) is 17.6. The third kappa shape index (κ3) is 2.96. The van der Waals surface area contributed by atoms with E-state index in [0.29, 0.717) is 23.8 Å². The number of nitrogens with zero attached hydrogens (tertiary/aromatic N) is 2. The first-order valence-corrected chi connectivity index (χ1v) is 11.7. The number of hydrogen-bond donors (Lipinski definition) is 0. The molecule has 3 heterocycles. The van der Waals surface area contributed by atoms with E-state index in [1.807, 2.05) is 0 Å². The molecule has 4 atom stereocenters. The summed E-state index contributed by atoms with van der Waals surface area (Å²) in [5.41, 5.74) is 7.80. The van der Waals surface area contributed by atoms with E-state index in [2.05, 4.69) is 82.9 Å². The predicted molar refractivity (Wildman–Crippen MR) is 125 cm³/mol. The van der Waals surface area contributed by atoms with Crippen LogP contribution < -0.4 is 0 Å². The van der Waals surface area contributed by atoms with Crippen LogP contribution in [0.2, 0.25) is 0 Å². The predicted octanol–water partition coefficient (Wildman–Crippen LogP) is 6.32. The quantitative estimate of drug-likeness (QED) is 0.586. The molecular formula is C28H30N2. The minimum atomic E-state index is 0.534. The molecule has 3 aliphatic heterocycles. The number of fused-ring (bicyclic) bond motifs is 5. The molecule has 1 saturated heterocycles. The Morgan fingerprint density at radius 3 is 2.93 bits per heavy atom. The molecule has 0 saturated carbocycles. The van der Waals surface area contributed by atoms with Crippen LogP contribution in [-0.4, -0.2) is 23.7 Å². The van der Waals surface area contributed by atoms with E-state index in [-0.39, 0.29) is 0 Å². The summed E-state index contributed by atoms with van der Waals surface area (Å²) in [6.07, 6.45) is 23.7. The van der Waals surface area contributed by atoms with Crippen LogP contribution in [0.4, 0.5) is 0 Å². The molecule has 30 heavy (non-hydrogen) atoms. The molecule has 152 valence electrons. The maximum absolute atomic E-state index is 4.66. The van der Waals surface area contributed by atoms with Gasteiger partial charge in [-0.2, -0.15) is 0 Å². The number of hydrogen-bond acceptors (Lipinski definition) is 2. The summed E-state index contributed by atoms with van der Waals surface area (Å²) in [4.78, 5) is 7.45. The van der Waals surface area contributed by atoms with Crippen LogP contribution in [0, 0.1) is 17.8 Å². The standard InChI is InChI=1S/C28H30N2/c1-2-7-20(8-3-1)9-6-11-21-13-16-24-25-19-29-18-17-27(25)30-26-12-5-4-10-22(26)14-15-23(21)28(24)30/h1-4,6-10,14,17-18,21,24-26H,5,11-13,15-16,19H2/t21?,24-,25-,26?/m1/s1.